The quantitative estimate of drug-likeness (QED) is 0.907. The Morgan fingerprint density at radius 2 is 2.19 bits per heavy atom. The Morgan fingerprint density at radius 1 is 1.44 bits per heavy atom. The molecule has 16 heavy (non-hydrogen) atoms. The van der Waals surface area contributed by atoms with Gasteiger partial charge in [0.25, 0.3) is 0 Å². The van der Waals surface area contributed by atoms with E-state index in [1.165, 1.54) is 12.8 Å². The van der Waals surface area contributed by atoms with Gasteiger partial charge >= 0.3 is 0 Å². The van der Waals surface area contributed by atoms with Crippen molar-refractivity contribution in [2.24, 2.45) is 0 Å². The van der Waals surface area contributed by atoms with E-state index in [1.54, 1.807) is 6.33 Å². The van der Waals surface area contributed by atoms with Gasteiger partial charge < -0.3 is 10.2 Å². The van der Waals surface area contributed by atoms with Crippen LogP contribution in [0.2, 0.25) is 0 Å². The SMILES string of the molecule is CNc1ncnc(N2CCCC2(C)C)c1Br. The predicted molar refractivity (Wildman–Crippen MR) is 69.9 cm³/mol. The first-order chi connectivity index (χ1) is 7.56. The third-order valence-electron chi connectivity index (χ3n) is 3.16. The lowest BCUT2D eigenvalue weighted by atomic mass is 10.0. The lowest BCUT2D eigenvalue weighted by Crippen LogP contribution is -2.39. The lowest BCUT2D eigenvalue weighted by molar-refractivity contribution is 0.513. The van der Waals surface area contributed by atoms with E-state index in [4.69, 9.17) is 0 Å². The topological polar surface area (TPSA) is 41.1 Å². The van der Waals surface area contributed by atoms with Crippen molar-refractivity contribution in [2.75, 3.05) is 23.8 Å². The molecule has 0 aromatic carbocycles. The van der Waals surface area contributed by atoms with Crippen molar-refractivity contribution in [3.63, 3.8) is 0 Å². The fraction of sp³-hybridized carbons (Fsp3) is 0.636. The van der Waals surface area contributed by atoms with Gasteiger partial charge in [0.15, 0.2) is 0 Å². The van der Waals surface area contributed by atoms with Crippen LogP contribution in [0.5, 0.6) is 0 Å². The third-order valence-corrected chi connectivity index (χ3v) is 3.89. The molecule has 0 saturated carbocycles. The Bertz CT molecular complexity index is 392. The summed E-state index contributed by atoms with van der Waals surface area (Å²) < 4.78 is 0.951. The van der Waals surface area contributed by atoms with E-state index >= 15 is 0 Å². The molecule has 1 N–H and O–H groups in total. The summed E-state index contributed by atoms with van der Waals surface area (Å²) in [5.74, 6) is 1.83. The number of rotatable bonds is 2. The van der Waals surface area contributed by atoms with Crippen molar-refractivity contribution in [1.82, 2.24) is 9.97 Å². The molecule has 0 aliphatic carbocycles. The highest BCUT2D eigenvalue weighted by molar-refractivity contribution is 9.10. The summed E-state index contributed by atoms with van der Waals surface area (Å²) in [6, 6.07) is 0. The largest absolute Gasteiger partial charge is 0.372 e. The van der Waals surface area contributed by atoms with E-state index in [2.05, 4.69) is 50.0 Å². The van der Waals surface area contributed by atoms with Crippen LogP contribution in [0, 0.1) is 0 Å². The monoisotopic (exact) mass is 284 g/mol. The summed E-state index contributed by atoms with van der Waals surface area (Å²) in [5, 5.41) is 3.06. The summed E-state index contributed by atoms with van der Waals surface area (Å²) in [5.41, 5.74) is 0.182. The van der Waals surface area contributed by atoms with Gasteiger partial charge in [-0.1, -0.05) is 0 Å². The molecule has 1 aromatic heterocycles. The van der Waals surface area contributed by atoms with Gasteiger partial charge in [0.1, 0.15) is 22.4 Å². The number of anilines is 2. The summed E-state index contributed by atoms with van der Waals surface area (Å²) >= 11 is 3.57. The number of halogens is 1. The normalized spacial score (nSPS) is 18.9. The molecule has 2 heterocycles. The standard InChI is InChI=1S/C11H17BrN4/c1-11(2)5-4-6-16(11)10-8(12)9(13-3)14-7-15-10/h7H,4-6H2,1-3H3,(H,13,14,15). The third kappa shape index (κ3) is 1.88. The second-order valence-electron chi connectivity index (χ2n) is 4.68. The lowest BCUT2D eigenvalue weighted by Gasteiger charge is -2.33. The zero-order valence-electron chi connectivity index (χ0n) is 9.92. The highest BCUT2D eigenvalue weighted by Crippen LogP contribution is 2.38. The van der Waals surface area contributed by atoms with Crippen molar-refractivity contribution in [3.05, 3.63) is 10.8 Å². The summed E-state index contributed by atoms with van der Waals surface area (Å²) in [7, 11) is 1.87. The van der Waals surface area contributed by atoms with Gasteiger partial charge in [-0.3, -0.25) is 0 Å². The molecule has 1 saturated heterocycles. The first kappa shape index (κ1) is 11.6. The minimum absolute atomic E-state index is 0.182. The molecule has 4 nitrogen and oxygen atoms in total. The molecule has 5 heteroatoms. The molecule has 0 atom stereocenters. The van der Waals surface area contributed by atoms with E-state index in [1.807, 2.05) is 7.05 Å². The molecule has 0 bridgehead atoms. The van der Waals surface area contributed by atoms with Crippen molar-refractivity contribution >= 4 is 27.6 Å². The van der Waals surface area contributed by atoms with Crippen LogP contribution in [-0.4, -0.2) is 29.1 Å². The van der Waals surface area contributed by atoms with Gasteiger partial charge in [-0.05, 0) is 42.6 Å². The van der Waals surface area contributed by atoms with Gasteiger partial charge in [-0.15, -0.1) is 0 Å². The van der Waals surface area contributed by atoms with Crippen LogP contribution in [-0.2, 0) is 0 Å². The Labute approximate surface area is 105 Å². The van der Waals surface area contributed by atoms with Crippen LogP contribution in [0.1, 0.15) is 26.7 Å². The van der Waals surface area contributed by atoms with E-state index in [-0.39, 0.29) is 5.54 Å². The van der Waals surface area contributed by atoms with Gasteiger partial charge in [0.05, 0.1) is 0 Å². The second-order valence-corrected chi connectivity index (χ2v) is 5.47. The molecule has 0 radical (unpaired) electrons. The molecule has 0 unspecified atom stereocenters. The first-order valence-corrected chi connectivity index (χ1v) is 6.31. The van der Waals surface area contributed by atoms with Crippen LogP contribution in [0.4, 0.5) is 11.6 Å². The molecule has 2 rings (SSSR count). The average Bonchev–Trinajstić information content (AvgIpc) is 2.59. The number of aromatic nitrogens is 2. The van der Waals surface area contributed by atoms with Gasteiger partial charge in [-0.25, -0.2) is 9.97 Å². The van der Waals surface area contributed by atoms with Gasteiger partial charge in [0, 0.05) is 19.1 Å². The Balaban J connectivity index is 2.41. The van der Waals surface area contributed by atoms with Gasteiger partial charge in [0.2, 0.25) is 0 Å². The van der Waals surface area contributed by atoms with E-state index in [0.717, 1.165) is 22.7 Å². The maximum Gasteiger partial charge on any atom is 0.148 e. The van der Waals surface area contributed by atoms with Gasteiger partial charge in [-0.2, -0.15) is 0 Å². The average molecular weight is 285 g/mol. The van der Waals surface area contributed by atoms with E-state index < -0.39 is 0 Å². The maximum absolute atomic E-state index is 4.39. The highest BCUT2D eigenvalue weighted by atomic mass is 79.9. The van der Waals surface area contributed by atoms with Crippen LogP contribution < -0.4 is 10.2 Å². The zero-order valence-corrected chi connectivity index (χ0v) is 11.5. The van der Waals surface area contributed by atoms with Crippen LogP contribution in [0.3, 0.4) is 0 Å². The fourth-order valence-corrected chi connectivity index (χ4v) is 2.84. The molecule has 0 spiro atoms. The van der Waals surface area contributed by atoms with Crippen molar-refractivity contribution < 1.29 is 0 Å². The summed E-state index contributed by atoms with van der Waals surface area (Å²) in [4.78, 5) is 10.9. The summed E-state index contributed by atoms with van der Waals surface area (Å²) in [6.45, 7) is 5.58. The maximum atomic E-state index is 4.39. The second kappa shape index (κ2) is 4.20. The van der Waals surface area contributed by atoms with Crippen molar-refractivity contribution in [3.8, 4) is 0 Å². The number of nitrogens with one attached hydrogen (secondary N) is 1. The highest BCUT2D eigenvalue weighted by Gasteiger charge is 2.34. The molecule has 0 amide bonds. The zero-order chi connectivity index (χ0) is 11.8. The molecule has 88 valence electrons. The molecule has 1 aromatic rings. The van der Waals surface area contributed by atoms with Crippen LogP contribution in [0.15, 0.2) is 10.8 Å². The van der Waals surface area contributed by atoms with Crippen LogP contribution in [0.25, 0.3) is 0 Å². The van der Waals surface area contributed by atoms with Crippen molar-refractivity contribution in [2.45, 2.75) is 32.2 Å². The molecular weight excluding hydrogens is 268 g/mol. The predicted octanol–water partition coefficient (Wildman–Crippen LogP) is 2.66. The minimum Gasteiger partial charge on any atom is -0.372 e. The molecule has 1 aliphatic rings. The Kier molecular flexibility index (Phi) is 3.06. The van der Waals surface area contributed by atoms with E-state index in [0.29, 0.717) is 0 Å². The number of nitrogens with zero attached hydrogens (tertiary/aromatic N) is 3. The number of hydrogen-bond acceptors (Lipinski definition) is 4. The minimum atomic E-state index is 0.182. The first-order valence-electron chi connectivity index (χ1n) is 5.52. The molecular formula is C11H17BrN4. The number of hydrogen-bond donors (Lipinski definition) is 1. The Morgan fingerprint density at radius 3 is 2.75 bits per heavy atom. The molecule has 1 aliphatic heterocycles. The Hall–Kier alpha value is -0.840. The van der Waals surface area contributed by atoms with Crippen LogP contribution >= 0.6 is 15.9 Å². The van der Waals surface area contributed by atoms with E-state index in [9.17, 15) is 0 Å². The van der Waals surface area contributed by atoms with Crippen molar-refractivity contribution in [1.29, 1.82) is 0 Å². The fourth-order valence-electron chi connectivity index (χ4n) is 2.22. The smallest absolute Gasteiger partial charge is 0.148 e. The molecule has 1 fully saturated rings. The summed E-state index contributed by atoms with van der Waals surface area (Å²) in [6.07, 6.45) is 4.04.